The number of aryl methyl sites for hydroxylation is 1. The standard InChI is InChI=1S/C17H15ClFN5O/c1-10-4-2-3-5-11(10)9-24-16(20)15(22-23-24)17(25)21-12-6-7-14(19)13(18)8-12/h2-8H,9,20H2,1H3,(H,21,25). The van der Waals surface area contributed by atoms with Gasteiger partial charge in [-0.15, -0.1) is 5.10 Å². The highest BCUT2D eigenvalue weighted by atomic mass is 35.5. The molecule has 0 spiro atoms. The van der Waals surface area contributed by atoms with Gasteiger partial charge in [0.1, 0.15) is 5.82 Å². The smallest absolute Gasteiger partial charge is 0.280 e. The lowest BCUT2D eigenvalue weighted by molar-refractivity contribution is 0.102. The predicted octanol–water partition coefficient (Wildman–Crippen LogP) is 3.26. The molecule has 0 aliphatic carbocycles. The van der Waals surface area contributed by atoms with Gasteiger partial charge in [0.15, 0.2) is 11.5 Å². The molecular weight excluding hydrogens is 345 g/mol. The summed E-state index contributed by atoms with van der Waals surface area (Å²) in [6.45, 7) is 2.38. The third kappa shape index (κ3) is 3.61. The van der Waals surface area contributed by atoms with Crippen LogP contribution in [0.5, 0.6) is 0 Å². The number of rotatable bonds is 4. The Hall–Kier alpha value is -2.93. The number of halogens is 2. The molecule has 0 bridgehead atoms. The molecule has 0 aliphatic rings. The van der Waals surface area contributed by atoms with Gasteiger partial charge in [0, 0.05) is 5.69 Å². The van der Waals surface area contributed by atoms with Crippen LogP contribution in [-0.4, -0.2) is 20.9 Å². The van der Waals surface area contributed by atoms with Gasteiger partial charge in [0.2, 0.25) is 0 Å². The average molecular weight is 360 g/mol. The van der Waals surface area contributed by atoms with Crippen LogP contribution in [0.3, 0.4) is 0 Å². The van der Waals surface area contributed by atoms with Crippen LogP contribution in [0.15, 0.2) is 42.5 Å². The highest BCUT2D eigenvalue weighted by Gasteiger charge is 2.18. The Morgan fingerprint density at radius 1 is 1.32 bits per heavy atom. The fourth-order valence-corrected chi connectivity index (χ4v) is 2.49. The lowest BCUT2D eigenvalue weighted by atomic mass is 10.1. The molecule has 0 saturated heterocycles. The van der Waals surface area contributed by atoms with E-state index < -0.39 is 11.7 Å². The van der Waals surface area contributed by atoms with Crippen LogP contribution in [0.4, 0.5) is 15.9 Å². The molecule has 0 aliphatic heterocycles. The maximum atomic E-state index is 13.2. The van der Waals surface area contributed by atoms with E-state index in [1.807, 2.05) is 31.2 Å². The van der Waals surface area contributed by atoms with E-state index in [2.05, 4.69) is 15.6 Å². The van der Waals surface area contributed by atoms with E-state index >= 15 is 0 Å². The fourth-order valence-electron chi connectivity index (χ4n) is 2.31. The molecule has 8 heteroatoms. The second-order valence-electron chi connectivity index (χ2n) is 5.49. The first-order valence-electron chi connectivity index (χ1n) is 7.45. The minimum atomic E-state index is -0.566. The summed E-state index contributed by atoms with van der Waals surface area (Å²) >= 11 is 5.70. The summed E-state index contributed by atoms with van der Waals surface area (Å²) in [5.41, 5.74) is 8.44. The third-order valence-corrected chi connectivity index (χ3v) is 4.04. The van der Waals surface area contributed by atoms with E-state index in [1.54, 1.807) is 0 Å². The number of nitrogens with two attached hydrogens (primary N) is 1. The van der Waals surface area contributed by atoms with Crippen LogP contribution in [0.1, 0.15) is 21.6 Å². The summed E-state index contributed by atoms with van der Waals surface area (Å²) in [6, 6.07) is 11.7. The van der Waals surface area contributed by atoms with Crippen LogP contribution >= 0.6 is 11.6 Å². The first kappa shape index (κ1) is 16.9. The zero-order valence-electron chi connectivity index (χ0n) is 13.3. The summed E-state index contributed by atoms with van der Waals surface area (Å²) in [4.78, 5) is 12.3. The molecule has 6 nitrogen and oxygen atoms in total. The monoisotopic (exact) mass is 359 g/mol. The number of benzene rings is 2. The first-order valence-corrected chi connectivity index (χ1v) is 7.83. The summed E-state index contributed by atoms with van der Waals surface area (Å²) in [7, 11) is 0. The van der Waals surface area contributed by atoms with Crippen molar-refractivity contribution in [3.8, 4) is 0 Å². The summed E-state index contributed by atoms with van der Waals surface area (Å²) in [5.74, 6) is -0.964. The topological polar surface area (TPSA) is 85.8 Å². The highest BCUT2D eigenvalue weighted by molar-refractivity contribution is 6.31. The molecule has 0 unspecified atom stereocenters. The van der Waals surface area contributed by atoms with Crippen LogP contribution in [0.25, 0.3) is 0 Å². The van der Waals surface area contributed by atoms with Gasteiger partial charge in [-0.1, -0.05) is 41.1 Å². The Kier molecular flexibility index (Phi) is 4.67. The lowest BCUT2D eigenvalue weighted by Gasteiger charge is -2.07. The normalized spacial score (nSPS) is 10.7. The van der Waals surface area contributed by atoms with Crippen molar-refractivity contribution in [2.75, 3.05) is 11.1 Å². The van der Waals surface area contributed by atoms with Crippen LogP contribution in [0.2, 0.25) is 5.02 Å². The molecule has 0 radical (unpaired) electrons. The van der Waals surface area contributed by atoms with E-state index in [-0.39, 0.29) is 16.5 Å². The van der Waals surface area contributed by atoms with E-state index in [1.165, 1.54) is 16.8 Å². The number of nitrogen functional groups attached to an aromatic ring is 1. The van der Waals surface area contributed by atoms with Crippen LogP contribution in [0, 0.1) is 12.7 Å². The Labute approximate surface area is 148 Å². The van der Waals surface area contributed by atoms with E-state index in [4.69, 9.17) is 17.3 Å². The molecular formula is C17H15ClFN5O. The van der Waals surface area contributed by atoms with Crippen molar-refractivity contribution in [2.45, 2.75) is 13.5 Å². The van der Waals surface area contributed by atoms with Gasteiger partial charge in [-0.2, -0.15) is 0 Å². The second-order valence-corrected chi connectivity index (χ2v) is 5.90. The fraction of sp³-hybridized carbons (Fsp3) is 0.118. The SMILES string of the molecule is Cc1ccccc1Cn1nnc(C(=O)Nc2ccc(F)c(Cl)c2)c1N. The number of amides is 1. The van der Waals surface area contributed by atoms with Crippen molar-refractivity contribution in [3.63, 3.8) is 0 Å². The van der Waals surface area contributed by atoms with Crippen molar-refractivity contribution in [2.24, 2.45) is 0 Å². The number of nitrogens with zero attached hydrogens (tertiary/aromatic N) is 3. The maximum absolute atomic E-state index is 13.2. The first-order chi connectivity index (χ1) is 12.0. The molecule has 2 aromatic carbocycles. The zero-order chi connectivity index (χ0) is 18.0. The molecule has 0 fully saturated rings. The minimum absolute atomic E-state index is 0.00553. The van der Waals surface area contributed by atoms with Crippen molar-refractivity contribution < 1.29 is 9.18 Å². The van der Waals surface area contributed by atoms with Crippen molar-refractivity contribution in [3.05, 3.63) is 70.1 Å². The van der Waals surface area contributed by atoms with Gasteiger partial charge in [-0.3, -0.25) is 4.79 Å². The van der Waals surface area contributed by atoms with Gasteiger partial charge in [-0.25, -0.2) is 9.07 Å². The number of carbonyl (C=O) groups is 1. The Morgan fingerprint density at radius 2 is 2.08 bits per heavy atom. The Morgan fingerprint density at radius 3 is 2.80 bits per heavy atom. The van der Waals surface area contributed by atoms with Crippen molar-refractivity contribution in [1.82, 2.24) is 15.0 Å². The third-order valence-electron chi connectivity index (χ3n) is 3.75. The number of hydrogen-bond acceptors (Lipinski definition) is 4. The van der Waals surface area contributed by atoms with Gasteiger partial charge in [0.25, 0.3) is 5.91 Å². The molecule has 1 heterocycles. The van der Waals surface area contributed by atoms with Crippen LogP contribution in [-0.2, 0) is 6.54 Å². The number of carbonyl (C=O) groups excluding carboxylic acids is 1. The lowest BCUT2D eigenvalue weighted by Crippen LogP contribution is -2.15. The molecule has 128 valence electrons. The van der Waals surface area contributed by atoms with Crippen molar-refractivity contribution in [1.29, 1.82) is 0 Å². The largest absolute Gasteiger partial charge is 0.382 e. The summed E-state index contributed by atoms with van der Waals surface area (Å²) in [6.07, 6.45) is 0. The molecule has 25 heavy (non-hydrogen) atoms. The maximum Gasteiger partial charge on any atom is 0.280 e. The summed E-state index contributed by atoms with van der Waals surface area (Å²) < 4.78 is 14.6. The molecule has 3 N–H and O–H groups in total. The quantitative estimate of drug-likeness (QED) is 0.748. The number of hydrogen-bond donors (Lipinski definition) is 2. The number of nitrogens with one attached hydrogen (secondary N) is 1. The highest BCUT2D eigenvalue weighted by Crippen LogP contribution is 2.20. The molecule has 3 rings (SSSR count). The zero-order valence-corrected chi connectivity index (χ0v) is 14.1. The minimum Gasteiger partial charge on any atom is -0.382 e. The van der Waals surface area contributed by atoms with E-state index in [0.717, 1.165) is 17.2 Å². The van der Waals surface area contributed by atoms with E-state index in [9.17, 15) is 9.18 Å². The van der Waals surface area contributed by atoms with Gasteiger partial charge in [0.05, 0.1) is 11.6 Å². The predicted molar refractivity (Wildman–Crippen MR) is 94.1 cm³/mol. The molecule has 1 amide bonds. The van der Waals surface area contributed by atoms with Crippen molar-refractivity contribution >= 4 is 29.0 Å². The second kappa shape index (κ2) is 6.90. The van der Waals surface area contributed by atoms with E-state index in [0.29, 0.717) is 12.2 Å². The van der Waals surface area contributed by atoms with Gasteiger partial charge < -0.3 is 11.1 Å². The number of anilines is 2. The summed E-state index contributed by atoms with van der Waals surface area (Å²) in [5, 5.41) is 10.3. The van der Waals surface area contributed by atoms with Gasteiger partial charge >= 0.3 is 0 Å². The molecule has 3 aromatic rings. The Balaban J connectivity index is 1.79. The average Bonchev–Trinajstić information content (AvgIpc) is 2.94. The molecule has 0 atom stereocenters. The molecule has 0 saturated carbocycles. The van der Waals surface area contributed by atoms with Gasteiger partial charge in [-0.05, 0) is 36.2 Å². The number of aromatic nitrogens is 3. The van der Waals surface area contributed by atoms with Crippen LogP contribution < -0.4 is 11.1 Å². The Bertz CT molecular complexity index is 941. The molecule has 1 aromatic heterocycles.